The molecule has 0 heterocycles. The maximum Gasteiger partial charge on any atom is 0.0712 e. The van der Waals surface area contributed by atoms with Gasteiger partial charge in [0.1, 0.15) is 0 Å². The van der Waals surface area contributed by atoms with Crippen molar-refractivity contribution in [1.82, 2.24) is 0 Å². The molecule has 0 fully saturated rings. The quantitative estimate of drug-likeness (QED) is 0.155. The molecule has 0 bridgehead atoms. The van der Waals surface area contributed by atoms with Crippen molar-refractivity contribution in [2.24, 2.45) is 0 Å². The Morgan fingerprint density at radius 3 is 1.51 bits per heavy atom. The van der Waals surface area contributed by atoms with Gasteiger partial charge in [-0.15, -0.1) is 0 Å². The normalized spacial score (nSPS) is 15.2. The molecule has 9 rings (SSSR count). The topological polar surface area (TPSA) is 6.48 Å². The lowest BCUT2D eigenvalue weighted by Gasteiger charge is -2.30. The van der Waals surface area contributed by atoms with E-state index in [1.807, 2.05) is 0 Å². The predicted octanol–water partition coefficient (Wildman–Crippen LogP) is 14.1. The highest BCUT2D eigenvalue weighted by Crippen LogP contribution is 2.51. The second-order valence-electron chi connectivity index (χ2n) is 14.9. The molecule has 2 heteroatoms. The van der Waals surface area contributed by atoms with Gasteiger partial charge < -0.3 is 9.80 Å². The zero-order valence-electron chi connectivity index (χ0n) is 31.4. The first-order valence-corrected chi connectivity index (χ1v) is 19.3. The molecule has 0 radical (unpaired) electrons. The minimum atomic E-state index is -0.135. The van der Waals surface area contributed by atoms with Gasteiger partial charge in [0, 0.05) is 40.3 Å². The van der Waals surface area contributed by atoms with E-state index >= 15 is 0 Å². The molecule has 0 saturated heterocycles. The van der Waals surface area contributed by atoms with E-state index in [0.29, 0.717) is 0 Å². The van der Waals surface area contributed by atoms with E-state index in [2.05, 4.69) is 236 Å². The average molecular weight is 709 g/mol. The van der Waals surface area contributed by atoms with Crippen LogP contribution in [0.1, 0.15) is 31.4 Å². The van der Waals surface area contributed by atoms with Gasteiger partial charge >= 0.3 is 0 Å². The van der Waals surface area contributed by atoms with Crippen LogP contribution in [0.3, 0.4) is 0 Å². The van der Waals surface area contributed by atoms with E-state index in [1.54, 1.807) is 0 Å². The highest BCUT2D eigenvalue weighted by molar-refractivity contribution is 5.86. The molecule has 0 spiro atoms. The Morgan fingerprint density at radius 1 is 0.455 bits per heavy atom. The van der Waals surface area contributed by atoms with Crippen LogP contribution in [0.2, 0.25) is 0 Å². The minimum absolute atomic E-state index is 0.119. The number of hydrogen-bond acceptors (Lipinski definition) is 2. The zero-order valence-corrected chi connectivity index (χ0v) is 31.4. The second kappa shape index (κ2) is 14.6. The average Bonchev–Trinajstić information content (AvgIpc) is 3.57. The molecule has 0 amide bonds. The molecule has 0 saturated carbocycles. The molecule has 0 aliphatic heterocycles. The largest absolute Gasteiger partial charge is 0.331 e. The van der Waals surface area contributed by atoms with Crippen LogP contribution in [0, 0.1) is 0 Å². The van der Waals surface area contributed by atoms with E-state index in [-0.39, 0.29) is 11.5 Å². The first-order chi connectivity index (χ1) is 27.0. The fraction of sp³-hybridized carbons (Fsp3) is 0.0943. The summed E-state index contributed by atoms with van der Waals surface area (Å²) in [6, 6.07) is 53.6. The van der Waals surface area contributed by atoms with Crippen molar-refractivity contribution < 1.29 is 0 Å². The van der Waals surface area contributed by atoms with Crippen LogP contribution in [0.15, 0.2) is 218 Å². The summed E-state index contributed by atoms with van der Waals surface area (Å²) in [7, 11) is 0. The summed E-state index contributed by atoms with van der Waals surface area (Å²) in [5, 5.41) is 0. The number of nitrogens with zero attached hydrogens (tertiary/aromatic N) is 2. The summed E-state index contributed by atoms with van der Waals surface area (Å²) in [4.78, 5) is 4.75. The molecule has 2 nitrogen and oxygen atoms in total. The number of para-hydroxylation sites is 2. The SMILES string of the molecule is CC1(C)c2cc(-c3ccc(N(C4=CC=CC=CC4)c4ccccc4)cc3)ccc2-c2ccc(-c3ccc(N(c4ccccc4)C4C=CC=CC=C4)cc3)cc21. The van der Waals surface area contributed by atoms with Crippen LogP contribution in [0.25, 0.3) is 33.4 Å². The first kappa shape index (κ1) is 34.1. The van der Waals surface area contributed by atoms with Gasteiger partial charge in [0.05, 0.1) is 6.04 Å². The van der Waals surface area contributed by atoms with Crippen LogP contribution in [-0.4, -0.2) is 6.04 Å². The van der Waals surface area contributed by atoms with E-state index in [4.69, 9.17) is 0 Å². The number of anilines is 4. The van der Waals surface area contributed by atoms with Gasteiger partial charge in [-0.2, -0.15) is 0 Å². The summed E-state index contributed by atoms with van der Waals surface area (Å²) in [6.07, 6.45) is 24.6. The Labute approximate surface area is 325 Å². The third-order valence-electron chi connectivity index (χ3n) is 11.2. The Morgan fingerprint density at radius 2 is 0.927 bits per heavy atom. The van der Waals surface area contributed by atoms with Crippen molar-refractivity contribution in [3.8, 4) is 33.4 Å². The molecule has 3 aliphatic carbocycles. The van der Waals surface area contributed by atoms with Crippen molar-refractivity contribution in [2.45, 2.75) is 31.7 Å². The van der Waals surface area contributed by atoms with E-state index in [1.165, 1.54) is 55.9 Å². The summed E-state index contributed by atoms with van der Waals surface area (Å²) in [5.41, 5.74) is 16.1. The van der Waals surface area contributed by atoms with Crippen molar-refractivity contribution in [3.63, 3.8) is 0 Å². The molecular formula is C53H44N2. The standard InChI is InChI=1S/C53H44N2/c1-53(2)51-37-41(39-25-31-47(32-26-39)54(45-21-13-7-14-22-45)43-17-9-3-4-10-18-43)29-35-49(51)50-36-30-42(38-52(50)53)40-27-33-48(34-28-40)55(46-23-15-8-16-24-46)44-19-11-5-6-12-20-44/h3-19,21-38,43H,20H2,1-2H3. The maximum atomic E-state index is 2.42. The zero-order chi connectivity index (χ0) is 37.2. The molecular weight excluding hydrogens is 665 g/mol. The lowest BCUT2D eigenvalue weighted by molar-refractivity contribution is 0.661. The maximum absolute atomic E-state index is 2.42. The second-order valence-corrected chi connectivity index (χ2v) is 14.9. The molecule has 0 N–H and O–H groups in total. The van der Waals surface area contributed by atoms with Crippen LogP contribution in [0.4, 0.5) is 22.7 Å². The number of benzene rings is 6. The smallest absolute Gasteiger partial charge is 0.0712 e. The van der Waals surface area contributed by atoms with E-state index in [9.17, 15) is 0 Å². The van der Waals surface area contributed by atoms with Crippen LogP contribution in [-0.2, 0) is 5.41 Å². The Balaban J connectivity index is 0.994. The van der Waals surface area contributed by atoms with Crippen LogP contribution in [0.5, 0.6) is 0 Å². The van der Waals surface area contributed by atoms with Crippen LogP contribution < -0.4 is 9.80 Å². The van der Waals surface area contributed by atoms with E-state index < -0.39 is 0 Å². The van der Waals surface area contributed by atoms with Crippen LogP contribution >= 0.6 is 0 Å². The fourth-order valence-corrected chi connectivity index (χ4v) is 8.31. The Bertz CT molecular complexity index is 2490. The third kappa shape index (κ3) is 6.62. The number of rotatable bonds is 8. The minimum Gasteiger partial charge on any atom is -0.331 e. The third-order valence-corrected chi connectivity index (χ3v) is 11.2. The van der Waals surface area contributed by atoms with Crippen molar-refractivity contribution >= 4 is 22.7 Å². The van der Waals surface area contributed by atoms with Gasteiger partial charge in [0.2, 0.25) is 0 Å². The van der Waals surface area contributed by atoms with Gasteiger partial charge in [-0.25, -0.2) is 0 Å². The van der Waals surface area contributed by atoms with Crippen molar-refractivity contribution in [1.29, 1.82) is 0 Å². The highest BCUT2D eigenvalue weighted by atomic mass is 15.2. The lowest BCUT2D eigenvalue weighted by Crippen LogP contribution is -2.27. The van der Waals surface area contributed by atoms with Crippen molar-refractivity contribution in [2.75, 3.05) is 9.80 Å². The summed E-state index contributed by atoms with van der Waals surface area (Å²) in [5.74, 6) is 0. The first-order valence-electron chi connectivity index (χ1n) is 19.3. The molecule has 0 aromatic heterocycles. The van der Waals surface area contributed by atoms with Gasteiger partial charge in [-0.3, -0.25) is 0 Å². The summed E-state index contributed by atoms with van der Waals surface area (Å²) in [6.45, 7) is 4.75. The predicted molar refractivity (Wildman–Crippen MR) is 234 cm³/mol. The van der Waals surface area contributed by atoms with Gasteiger partial charge in [-0.1, -0.05) is 160 Å². The fourth-order valence-electron chi connectivity index (χ4n) is 8.31. The Hall–Kier alpha value is -6.64. The lowest BCUT2D eigenvalue weighted by atomic mass is 9.81. The summed E-state index contributed by atoms with van der Waals surface area (Å²) < 4.78 is 0. The number of hydrogen-bond donors (Lipinski definition) is 0. The molecule has 0 atom stereocenters. The molecule has 0 unspecified atom stereocenters. The monoisotopic (exact) mass is 708 g/mol. The molecule has 6 aromatic rings. The Kier molecular flexibility index (Phi) is 9.09. The number of allylic oxidation sites excluding steroid dienone is 9. The van der Waals surface area contributed by atoms with Crippen molar-refractivity contribution in [3.05, 3.63) is 229 Å². The number of fused-ring (bicyclic) bond motifs is 3. The molecule has 266 valence electrons. The molecule has 3 aliphatic rings. The highest BCUT2D eigenvalue weighted by Gasteiger charge is 2.36. The summed E-state index contributed by atoms with van der Waals surface area (Å²) >= 11 is 0. The molecule has 55 heavy (non-hydrogen) atoms. The van der Waals surface area contributed by atoms with Gasteiger partial charge in [-0.05, 0) is 111 Å². The van der Waals surface area contributed by atoms with Gasteiger partial charge in [0.15, 0.2) is 0 Å². The molecule has 6 aromatic carbocycles. The van der Waals surface area contributed by atoms with E-state index in [0.717, 1.165) is 23.5 Å². The van der Waals surface area contributed by atoms with Gasteiger partial charge in [0.25, 0.3) is 0 Å².